The Morgan fingerprint density at radius 1 is 1.19 bits per heavy atom. The number of halogens is 1. The number of hydrogen-bond donors (Lipinski definition) is 0. The van der Waals surface area contributed by atoms with Crippen LogP contribution in [0.4, 0.5) is 4.39 Å². The van der Waals surface area contributed by atoms with Gasteiger partial charge in [-0.2, -0.15) is 0 Å². The van der Waals surface area contributed by atoms with E-state index in [0.29, 0.717) is 17.3 Å². The van der Waals surface area contributed by atoms with Gasteiger partial charge in [0.15, 0.2) is 5.41 Å². The van der Waals surface area contributed by atoms with E-state index < -0.39 is 29.6 Å². The molecular formula is C21H22FNO4. The first-order valence-corrected chi connectivity index (χ1v) is 8.63. The van der Waals surface area contributed by atoms with Gasteiger partial charge in [0.05, 0.1) is 19.1 Å². The van der Waals surface area contributed by atoms with Crippen molar-refractivity contribution in [1.82, 2.24) is 4.98 Å². The molecule has 0 N–H and O–H groups in total. The van der Waals surface area contributed by atoms with E-state index in [1.807, 2.05) is 44.2 Å². The molecule has 1 aliphatic rings. The van der Waals surface area contributed by atoms with Crippen molar-refractivity contribution >= 4 is 5.97 Å². The maximum absolute atomic E-state index is 12.7. The van der Waals surface area contributed by atoms with Crippen LogP contribution in [0.25, 0.3) is 0 Å². The highest BCUT2D eigenvalue weighted by molar-refractivity contribution is 5.90. The van der Waals surface area contributed by atoms with Crippen LogP contribution in [0.1, 0.15) is 19.5 Å². The van der Waals surface area contributed by atoms with Crippen LogP contribution in [0.3, 0.4) is 0 Å². The predicted octanol–water partition coefficient (Wildman–Crippen LogP) is 4.19. The molecule has 27 heavy (non-hydrogen) atoms. The fourth-order valence-corrected chi connectivity index (χ4v) is 3.56. The van der Waals surface area contributed by atoms with Gasteiger partial charge in [-0.3, -0.25) is 4.79 Å². The van der Waals surface area contributed by atoms with Gasteiger partial charge >= 0.3 is 5.97 Å². The van der Waals surface area contributed by atoms with Crippen LogP contribution in [0, 0.1) is 5.41 Å². The van der Waals surface area contributed by atoms with Crippen molar-refractivity contribution in [2.75, 3.05) is 13.8 Å². The zero-order valence-corrected chi connectivity index (χ0v) is 15.5. The highest BCUT2D eigenvalue weighted by Gasteiger charge is 2.80. The summed E-state index contributed by atoms with van der Waals surface area (Å²) < 4.78 is 28.9. The monoisotopic (exact) mass is 371 g/mol. The summed E-state index contributed by atoms with van der Waals surface area (Å²) in [6.45, 7) is 3.14. The molecule has 0 saturated heterocycles. The van der Waals surface area contributed by atoms with Crippen molar-refractivity contribution in [2.24, 2.45) is 5.41 Å². The van der Waals surface area contributed by atoms with Crippen molar-refractivity contribution < 1.29 is 23.4 Å². The van der Waals surface area contributed by atoms with Crippen LogP contribution in [-0.2, 0) is 19.7 Å². The summed E-state index contributed by atoms with van der Waals surface area (Å²) in [7, 11) is 1.33. The molecule has 6 heteroatoms. The standard InChI is InChI=1S/C21H22FNO4/c1-20(2)18(26-14-8-13-22)21(20,19(24)25-3)16-11-7-12-17(23-16)27-15-9-5-4-6-10-15/h4-12,14,18H,13H2,1-3H3. The van der Waals surface area contributed by atoms with Gasteiger partial charge in [0, 0.05) is 11.5 Å². The Morgan fingerprint density at radius 2 is 1.93 bits per heavy atom. The van der Waals surface area contributed by atoms with Crippen LogP contribution in [0.15, 0.2) is 60.9 Å². The Hall–Kier alpha value is -2.89. The Balaban J connectivity index is 1.96. The normalized spacial score (nSPS) is 23.0. The van der Waals surface area contributed by atoms with E-state index in [1.165, 1.54) is 19.4 Å². The zero-order chi connectivity index (χ0) is 19.5. The number of rotatable bonds is 7. The van der Waals surface area contributed by atoms with Gasteiger partial charge in [0.2, 0.25) is 5.88 Å². The zero-order valence-electron chi connectivity index (χ0n) is 15.5. The summed E-state index contributed by atoms with van der Waals surface area (Å²) in [6.07, 6.45) is 2.00. The second-order valence-corrected chi connectivity index (χ2v) is 6.84. The number of esters is 1. The number of methoxy groups -OCH3 is 1. The van der Waals surface area contributed by atoms with Crippen molar-refractivity contribution in [1.29, 1.82) is 0 Å². The van der Waals surface area contributed by atoms with E-state index in [9.17, 15) is 9.18 Å². The Bertz CT molecular complexity index is 837. The summed E-state index contributed by atoms with van der Waals surface area (Å²) in [6, 6.07) is 14.5. The summed E-state index contributed by atoms with van der Waals surface area (Å²) in [5, 5.41) is 0. The number of hydrogen-bond acceptors (Lipinski definition) is 5. The summed E-state index contributed by atoms with van der Waals surface area (Å²) in [5.41, 5.74) is -1.19. The van der Waals surface area contributed by atoms with Crippen LogP contribution in [-0.4, -0.2) is 30.8 Å². The minimum Gasteiger partial charge on any atom is -0.496 e. The fourth-order valence-electron chi connectivity index (χ4n) is 3.56. The van der Waals surface area contributed by atoms with Gasteiger partial charge in [0.25, 0.3) is 0 Å². The second-order valence-electron chi connectivity index (χ2n) is 6.84. The van der Waals surface area contributed by atoms with Crippen LogP contribution in [0.2, 0.25) is 0 Å². The lowest BCUT2D eigenvalue weighted by atomic mass is 9.91. The van der Waals surface area contributed by atoms with Crippen molar-refractivity contribution in [3.63, 3.8) is 0 Å². The number of carbonyl (C=O) groups excluding carboxylic acids is 1. The quantitative estimate of drug-likeness (QED) is 0.539. The molecule has 2 atom stereocenters. The second kappa shape index (κ2) is 7.39. The molecule has 2 unspecified atom stereocenters. The Kier molecular flexibility index (Phi) is 5.17. The number of ether oxygens (including phenoxy) is 3. The van der Waals surface area contributed by atoms with E-state index >= 15 is 0 Å². The molecule has 0 radical (unpaired) electrons. The van der Waals surface area contributed by atoms with E-state index in [2.05, 4.69) is 4.98 Å². The average Bonchev–Trinajstić information content (AvgIpc) is 3.18. The lowest BCUT2D eigenvalue weighted by Crippen LogP contribution is -2.30. The summed E-state index contributed by atoms with van der Waals surface area (Å²) >= 11 is 0. The van der Waals surface area contributed by atoms with Crippen LogP contribution in [0.5, 0.6) is 11.6 Å². The third-order valence-electron chi connectivity index (χ3n) is 4.98. The topological polar surface area (TPSA) is 57.7 Å². The third-order valence-corrected chi connectivity index (χ3v) is 4.98. The maximum Gasteiger partial charge on any atom is 0.322 e. The van der Waals surface area contributed by atoms with Crippen LogP contribution >= 0.6 is 0 Å². The van der Waals surface area contributed by atoms with Crippen LogP contribution < -0.4 is 4.74 Å². The fraction of sp³-hybridized carbons (Fsp3) is 0.333. The first-order chi connectivity index (χ1) is 13.0. The number of benzene rings is 1. The average molecular weight is 371 g/mol. The van der Waals surface area contributed by atoms with Crippen molar-refractivity contribution in [2.45, 2.75) is 25.4 Å². The first kappa shape index (κ1) is 18.9. The van der Waals surface area contributed by atoms with Gasteiger partial charge < -0.3 is 14.2 Å². The van der Waals surface area contributed by atoms with Gasteiger partial charge in [-0.1, -0.05) is 38.1 Å². The van der Waals surface area contributed by atoms with Gasteiger partial charge in [-0.15, -0.1) is 0 Å². The van der Waals surface area contributed by atoms with E-state index in [0.717, 1.165) is 0 Å². The number of nitrogens with zero attached hydrogens (tertiary/aromatic N) is 1. The highest BCUT2D eigenvalue weighted by Crippen LogP contribution is 2.66. The molecule has 0 bridgehead atoms. The number of carbonyl (C=O) groups is 1. The molecule has 1 aromatic heterocycles. The van der Waals surface area contributed by atoms with E-state index in [-0.39, 0.29) is 0 Å². The number of alkyl halides is 1. The highest BCUT2D eigenvalue weighted by atomic mass is 19.1. The largest absolute Gasteiger partial charge is 0.496 e. The molecule has 1 saturated carbocycles. The third kappa shape index (κ3) is 3.16. The molecule has 2 aromatic rings. The molecule has 5 nitrogen and oxygen atoms in total. The van der Waals surface area contributed by atoms with Gasteiger partial charge in [0.1, 0.15) is 18.5 Å². The predicted molar refractivity (Wildman–Crippen MR) is 98.2 cm³/mol. The molecule has 1 fully saturated rings. The minimum atomic E-state index is -1.10. The molecule has 142 valence electrons. The lowest BCUT2D eigenvalue weighted by Gasteiger charge is -2.17. The Morgan fingerprint density at radius 3 is 2.59 bits per heavy atom. The van der Waals surface area contributed by atoms with Gasteiger partial charge in [-0.05, 0) is 24.3 Å². The SMILES string of the molecule is COC(=O)C1(c2cccc(Oc3ccccc3)n2)C(OC=CCF)C1(C)C. The Labute approximate surface area is 157 Å². The molecule has 1 heterocycles. The van der Waals surface area contributed by atoms with Crippen molar-refractivity contribution in [3.05, 3.63) is 66.6 Å². The van der Waals surface area contributed by atoms with Gasteiger partial charge in [-0.25, -0.2) is 9.37 Å². The molecule has 0 amide bonds. The minimum absolute atomic E-state index is 0.364. The molecule has 1 aromatic carbocycles. The van der Waals surface area contributed by atoms with E-state index in [4.69, 9.17) is 14.2 Å². The molecule has 3 rings (SSSR count). The molecule has 1 aliphatic carbocycles. The number of allylic oxidation sites excluding steroid dienone is 1. The smallest absolute Gasteiger partial charge is 0.322 e. The summed E-state index contributed by atoms with van der Waals surface area (Å²) in [4.78, 5) is 17.3. The molecule has 0 spiro atoms. The number of aromatic nitrogens is 1. The summed E-state index contributed by atoms with van der Waals surface area (Å²) in [5.74, 6) is 0.557. The number of pyridine rings is 1. The lowest BCUT2D eigenvalue weighted by molar-refractivity contribution is -0.145. The maximum atomic E-state index is 12.7. The van der Waals surface area contributed by atoms with E-state index in [1.54, 1.807) is 18.2 Å². The van der Waals surface area contributed by atoms with Crippen molar-refractivity contribution in [3.8, 4) is 11.6 Å². The first-order valence-electron chi connectivity index (χ1n) is 8.63. The molecule has 0 aliphatic heterocycles. The number of para-hydroxylation sites is 1. The molecular weight excluding hydrogens is 349 g/mol.